The van der Waals surface area contributed by atoms with Crippen LogP contribution in [0.15, 0.2) is 47.2 Å². The zero-order chi connectivity index (χ0) is 22.1. The number of pyridine rings is 1. The molecule has 7 nitrogen and oxygen atoms in total. The van der Waals surface area contributed by atoms with Crippen LogP contribution in [0.25, 0.3) is 10.9 Å². The summed E-state index contributed by atoms with van der Waals surface area (Å²) < 4.78 is 19.4. The van der Waals surface area contributed by atoms with Gasteiger partial charge in [-0.15, -0.1) is 0 Å². The number of nitrogens with zero attached hydrogens (tertiary/aromatic N) is 4. The minimum atomic E-state index is -0.366. The molecule has 0 atom stereocenters. The fourth-order valence-electron chi connectivity index (χ4n) is 4.60. The van der Waals surface area contributed by atoms with E-state index in [1.807, 2.05) is 4.90 Å². The smallest absolute Gasteiger partial charge is 0.289 e. The van der Waals surface area contributed by atoms with Gasteiger partial charge in [-0.2, -0.15) is 0 Å². The quantitative estimate of drug-likeness (QED) is 0.628. The Morgan fingerprint density at radius 1 is 0.906 bits per heavy atom. The lowest BCUT2D eigenvalue weighted by molar-refractivity contribution is 0.0705. The van der Waals surface area contributed by atoms with E-state index < -0.39 is 0 Å². The number of fused-ring (bicyclic) bond motifs is 1. The first-order valence-corrected chi connectivity index (χ1v) is 11.1. The van der Waals surface area contributed by atoms with Crippen LogP contribution in [0.4, 0.5) is 10.1 Å². The van der Waals surface area contributed by atoms with Crippen molar-refractivity contribution in [2.24, 2.45) is 0 Å². The van der Waals surface area contributed by atoms with Gasteiger partial charge in [-0.1, -0.05) is 0 Å². The Hall–Kier alpha value is -3.42. The van der Waals surface area contributed by atoms with E-state index in [4.69, 9.17) is 4.42 Å². The summed E-state index contributed by atoms with van der Waals surface area (Å²) in [5.74, 6) is -0.261. The summed E-state index contributed by atoms with van der Waals surface area (Å²) in [5, 5.41) is 0.624. The van der Waals surface area contributed by atoms with E-state index in [1.165, 1.54) is 18.4 Å². The van der Waals surface area contributed by atoms with Crippen molar-refractivity contribution in [3.63, 3.8) is 0 Å². The van der Waals surface area contributed by atoms with Gasteiger partial charge in [0.25, 0.3) is 11.8 Å². The number of hydrogen-bond donors (Lipinski definition) is 0. The molecule has 0 spiro atoms. The normalized spacial score (nSPS) is 17.1. The number of amides is 2. The predicted octanol–water partition coefficient (Wildman–Crippen LogP) is 3.56. The molecular weight excluding hydrogens is 411 g/mol. The molecular formula is C24H25FN4O3. The lowest BCUT2D eigenvalue weighted by Gasteiger charge is -2.37. The van der Waals surface area contributed by atoms with Gasteiger partial charge in [-0.05, 0) is 49.6 Å². The van der Waals surface area contributed by atoms with Crippen molar-refractivity contribution in [1.29, 1.82) is 0 Å². The van der Waals surface area contributed by atoms with Gasteiger partial charge in [0.2, 0.25) is 0 Å². The monoisotopic (exact) mass is 436 g/mol. The molecule has 32 heavy (non-hydrogen) atoms. The van der Waals surface area contributed by atoms with E-state index in [9.17, 15) is 14.0 Å². The van der Waals surface area contributed by atoms with Crippen LogP contribution in [0.2, 0.25) is 0 Å². The lowest BCUT2D eigenvalue weighted by Crippen LogP contribution is -2.49. The van der Waals surface area contributed by atoms with Crippen LogP contribution < -0.4 is 4.90 Å². The molecule has 4 heterocycles. The van der Waals surface area contributed by atoms with Gasteiger partial charge in [-0.25, -0.2) is 4.39 Å². The van der Waals surface area contributed by atoms with E-state index in [0.717, 1.165) is 32.4 Å². The van der Waals surface area contributed by atoms with E-state index in [-0.39, 0.29) is 17.6 Å². The molecule has 166 valence electrons. The number of aromatic nitrogens is 1. The second-order valence-corrected chi connectivity index (χ2v) is 8.29. The topological polar surface area (TPSA) is 69.9 Å². The number of carbonyl (C=O) groups is 2. The van der Waals surface area contributed by atoms with Gasteiger partial charge >= 0.3 is 0 Å². The third kappa shape index (κ3) is 3.81. The van der Waals surface area contributed by atoms with Crippen LogP contribution in [-0.2, 0) is 0 Å². The van der Waals surface area contributed by atoms with Crippen LogP contribution in [0.1, 0.15) is 40.2 Å². The Balaban J connectivity index is 1.47. The molecule has 0 aliphatic carbocycles. The highest BCUT2D eigenvalue weighted by molar-refractivity contribution is 6.07. The van der Waals surface area contributed by atoms with Gasteiger partial charge in [0.05, 0.1) is 23.0 Å². The molecule has 2 aliphatic rings. The molecule has 0 unspecified atom stereocenters. The summed E-state index contributed by atoms with van der Waals surface area (Å²) in [5.41, 5.74) is 1.84. The second-order valence-electron chi connectivity index (χ2n) is 8.29. The van der Waals surface area contributed by atoms with Gasteiger partial charge in [0, 0.05) is 50.9 Å². The number of likely N-dealkylation sites (tertiary alicyclic amines) is 1. The van der Waals surface area contributed by atoms with Crippen molar-refractivity contribution >= 4 is 28.4 Å². The maximum absolute atomic E-state index is 14.2. The predicted molar refractivity (Wildman–Crippen MR) is 118 cm³/mol. The van der Waals surface area contributed by atoms with E-state index >= 15 is 0 Å². The zero-order valence-electron chi connectivity index (χ0n) is 17.8. The SMILES string of the molecule is O=C(c1ccco1)N1CCN(c2c(C(=O)N3CCCCC3)cnc3ccc(F)cc23)CC1. The third-order valence-electron chi connectivity index (χ3n) is 6.29. The Bertz CT molecular complexity index is 1130. The van der Waals surface area contributed by atoms with Crippen LogP contribution in [0.3, 0.4) is 0 Å². The first-order chi connectivity index (χ1) is 15.6. The molecule has 0 radical (unpaired) electrons. The molecule has 0 bridgehead atoms. The number of piperidine rings is 1. The standard InChI is InChI=1S/C24H25FN4O3/c25-17-6-7-20-18(15-17)22(19(16-26-20)23(30)28-8-2-1-3-9-28)27-10-12-29(13-11-27)24(31)21-5-4-14-32-21/h4-7,14-16H,1-3,8-13H2. The summed E-state index contributed by atoms with van der Waals surface area (Å²) in [7, 11) is 0. The van der Waals surface area contributed by atoms with Crippen LogP contribution in [0.5, 0.6) is 0 Å². The number of hydrogen-bond acceptors (Lipinski definition) is 5. The molecule has 0 N–H and O–H groups in total. The summed E-state index contributed by atoms with van der Waals surface area (Å²) in [6, 6.07) is 7.82. The summed E-state index contributed by atoms with van der Waals surface area (Å²) in [6.07, 6.45) is 6.21. The second kappa shape index (κ2) is 8.61. The Kier molecular flexibility index (Phi) is 5.51. The van der Waals surface area contributed by atoms with Crippen molar-refractivity contribution in [2.45, 2.75) is 19.3 Å². The molecule has 8 heteroatoms. The Morgan fingerprint density at radius 2 is 1.66 bits per heavy atom. The molecule has 2 fully saturated rings. The van der Waals surface area contributed by atoms with Crippen molar-refractivity contribution in [3.8, 4) is 0 Å². The number of carbonyl (C=O) groups excluding carboxylic acids is 2. The van der Waals surface area contributed by atoms with Gasteiger partial charge in [0.15, 0.2) is 5.76 Å². The number of anilines is 1. The minimum Gasteiger partial charge on any atom is -0.459 e. The summed E-state index contributed by atoms with van der Waals surface area (Å²) in [4.78, 5) is 36.2. The maximum atomic E-state index is 14.2. The molecule has 2 amide bonds. The number of piperazine rings is 1. The largest absolute Gasteiger partial charge is 0.459 e. The van der Waals surface area contributed by atoms with Crippen molar-refractivity contribution in [2.75, 3.05) is 44.2 Å². The highest BCUT2D eigenvalue weighted by atomic mass is 19.1. The highest BCUT2D eigenvalue weighted by Crippen LogP contribution is 2.32. The van der Waals surface area contributed by atoms with Gasteiger partial charge in [-0.3, -0.25) is 14.6 Å². The first-order valence-electron chi connectivity index (χ1n) is 11.1. The van der Waals surface area contributed by atoms with Crippen LogP contribution in [0, 0.1) is 5.82 Å². The molecule has 5 rings (SSSR count). The van der Waals surface area contributed by atoms with E-state index in [1.54, 1.807) is 29.3 Å². The van der Waals surface area contributed by atoms with Gasteiger partial charge < -0.3 is 19.1 Å². The molecule has 2 aliphatic heterocycles. The number of rotatable bonds is 3. The van der Waals surface area contributed by atoms with E-state index in [2.05, 4.69) is 9.88 Å². The Morgan fingerprint density at radius 3 is 2.38 bits per heavy atom. The summed E-state index contributed by atoms with van der Waals surface area (Å²) >= 11 is 0. The number of benzene rings is 1. The van der Waals surface area contributed by atoms with Crippen molar-refractivity contribution < 1.29 is 18.4 Å². The first kappa shape index (κ1) is 20.5. The fraction of sp³-hybridized carbons (Fsp3) is 0.375. The Labute approximate surface area is 185 Å². The average molecular weight is 436 g/mol. The van der Waals surface area contributed by atoms with Crippen molar-refractivity contribution in [1.82, 2.24) is 14.8 Å². The fourth-order valence-corrected chi connectivity index (χ4v) is 4.60. The molecule has 3 aromatic rings. The zero-order valence-corrected chi connectivity index (χ0v) is 17.8. The maximum Gasteiger partial charge on any atom is 0.289 e. The van der Waals surface area contributed by atoms with Crippen molar-refractivity contribution in [3.05, 3.63) is 59.9 Å². The number of furan rings is 1. The molecule has 2 saturated heterocycles. The minimum absolute atomic E-state index is 0.0625. The molecule has 2 aromatic heterocycles. The van der Waals surface area contributed by atoms with E-state index in [0.29, 0.717) is 54.1 Å². The highest BCUT2D eigenvalue weighted by Gasteiger charge is 2.29. The average Bonchev–Trinajstić information content (AvgIpc) is 3.38. The molecule has 1 aromatic carbocycles. The third-order valence-corrected chi connectivity index (χ3v) is 6.29. The lowest BCUT2D eigenvalue weighted by atomic mass is 10.0. The number of halogens is 1. The summed E-state index contributed by atoms with van der Waals surface area (Å²) in [6.45, 7) is 3.48. The van der Waals surface area contributed by atoms with Gasteiger partial charge in [0.1, 0.15) is 5.82 Å². The van der Waals surface area contributed by atoms with Crippen LogP contribution >= 0.6 is 0 Å². The van der Waals surface area contributed by atoms with Crippen LogP contribution in [-0.4, -0.2) is 65.9 Å². The molecule has 0 saturated carbocycles.